The predicted molar refractivity (Wildman–Crippen MR) is 39.1 cm³/mol. The molecule has 1 aromatic heterocycles. The Kier molecular flexibility index (Phi) is 2.60. The molecule has 3 nitrogen and oxygen atoms in total. The summed E-state index contributed by atoms with van der Waals surface area (Å²) >= 11 is 0. The van der Waals surface area contributed by atoms with E-state index in [1.54, 1.807) is 0 Å². The molecule has 6 heteroatoms. The molecule has 0 aliphatic heterocycles. The van der Waals surface area contributed by atoms with E-state index >= 15 is 0 Å². The third-order valence-corrected chi connectivity index (χ3v) is 1.63. The van der Waals surface area contributed by atoms with Gasteiger partial charge in [0.15, 0.2) is 0 Å². The molecule has 0 spiro atoms. The average Bonchev–Trinajstić information content (AvgIpc) is 2.34. The Morgan fingerprint density at radius 2 is 2.23 bits per heavy atom. The van der Waals surface area contributed by atoms with Crippen LogP contribution in [0, 0.1) is 6.92 Å². The Morgan fingerprint density at radius 3 is 2.54 bits per heavy atom. The third kappa shape index (κ3) is 2.21. The second-order valence-electron chi connectivity index (χ2n) is 2.69. The highest BCUT2D eigenvalue weighted by Gasteiger charge is 2.41. The van der Waals surface area contributed by atoms with Crippen LogP contribution in [0.2, 0.25) is 0 Å². The number of rotatable bonds is 2. The Labute approximate surface area is 72.7 Å². The molecule has 13 heavy (non-hydrogen) atoms. The molecule has 1 unspecified atom stereocenters. The minimum absolute atomic E-state index is 0.160. The van der Waals surface area contributed by atoms with Crippen LogP contribution in [-0.4, -0.2) is 17.9 Å². The van der Waals surface area contributed by atoms with Gasteiger partial charge >= 0.3 is 6.18 Å². The van der Waals surface area contributed by atoms with Gasteiger partial charge in [0.25, 0.3) is 0 Å². The number of nitrogens with zero attached hydrogens (tertiary/aromatic N) is 1. The molecule has 0 fully saturated rings. The van der Waals surface area contributed by atoms with E-state index in [1.165, 1.54) is 13.0 Å². The largest absolute Gasteiger partial charge is 0.398 e. The molecule has 1 atom stereocenters. The summed E-state index contributed by atoms with van der Waals surface area (Å²) in [7, 11) is 0. The maximum atomic E-state index is 12.3. The van der Waals surface area contributed by atoms with Crippen LogP contribution in [0.1, 0.15) is 17.4 Å². The molecular formula is C7H9F3N2O. The Bertz CT molecular complexity index is 282. The Morgan fingerprint density at radius 1 is 1.62 bits per heavy atom. The lowest BCUT2D eigenvalue weighted by Gasteiger charge is -2.14. The molecule has 0 aliphatic rings. The fraction of sp³-hybridized carbons (Fsp3) is 0.571. The van der Waals surface area contributed by atoms with E-state index in [0.29, 0.717) is 5.76 Å². The highest BCUT2D eigenvalue weighted by Crippen LogP contribution is 2.33. The number of hydrogen-bond donors (Lipinski definition) is 1. The van der Waals surface area contributed by atoms with Gasteiger partial charge in [-0.05, 0) is 6.92 Å². The van der Waals surface area contributed by atoms with Gasteiger partial charge in [-0.15, -0.1) is 0 Å². The average molecular weight is 194 g/mol. The van der Waals surface area contributed by atoms with Crippen molar-refractivity contribution in [3.63, 3.8) is 0 Å². The second-order valence-corrected chi connectivity index (χ2v) is 2.69. The predicted octanol–water partition coefficient (Wildman–Crippen LogP) is 1.59. The van der Waals surface area contributed by atoms with E-state index in [-0.39, 0.29) is 5.69 Å². The van der Waals surface area contributed by atoms with E-state index in [1.807, 2.05) is 0 Å². The SMILES string of the molecule is Cc1cc(C(CN)C(F)(F)F)no1. The van der Waals surface area contributed by atoms with Crippen molar-refractivity contribution in [3.8, 4) is 0 Å². The smallest absolute Gasteiger partial charge is 0.361 e. The number of hydrogen-bond acceptors (Lipinski definition) is 3. The van der Waals surface area contributed by atoms with Crippen molar-refractivity contribution in [3.05, 3.63) is 17.5 Å². The topological polar surface area (TPSA) is 52.0 Å². The normalized spacial score (nSPS) is 14.5. The number of alkyl halides is 3. The maximum absolute atomic E-state index is 12.3. The molecule has 0 aromatic carbocycles. The van der Waals surface area contributed by atoms with Crippen LogP contribution < -0.4 is 5.73 Å². The maximum Gasteiger partial charge on any atom is 0.398 e. The van der Waals surface area contributed by atoms with Gasteiger partial charge in [-0.3, -0.25) is 0 Å². The van der Waals surface area contributed by atoms with Gasteiger partial charge in [-0.1, -0.05) is 5.16 Å². The van der Waals surface area contributed by atoms with Gasteiger partial charge in [-0.25, -0.2) is 0 Å². The highest BCUT2D eigenvalue weighted by molar-refractivity contribution is 5.12. The number of nitrogens with two attached hydrogens (primary N) is 1. The Hall–Kier alpha value is -1.04. The van der Waals surface area contributed by atoms with Gasteiger partial charge in [0.1, 0.15) is 11.7 Å². The molecule has 74 valence electrons. The molecule has 0 bridgehead atoms. The van der Waals surface area contributed by atoms with E-state index in [0.717, 1.165) is 0 Å². The van der Waals surface area contributed by atoms with E-state index < -0.39 is 18.6 Å². The van der Waals surface area contributed by atoms with Crippen LogP contribution in [0.25, 0.3) is 0 Å². The van der Waals surface area contributed by atoms with Gasteiger partial charge in [-0.2, -0.15) is 13.2 Å². The van der Waals surface area contributed by atoms with E-state index in [9.17, 15) is 13.2 Å². The molecular weight excluding hydrogens is 185 g/mol. The second kappa shape index (κ2) is 3.37. The minimum Gasteiger partial charge on any atom is -0.361 e. The fourth-order valence-corrected chi connectivity index (χ4v) is 0.972. The van der Waals surface area contributed by atoms with Gasteiger partial charge in [0, 0.05) is 12.6 Å². The van der Waals surface area contributed by atoms with Crippen molar-refractivity contribution >= 4 is 0 Å². The summed E-state index contributed by atoms with van der Waals surface area (Å²) in [6, 6.07) is 1.24. The molecule has 0 amide bonds. The minimum atomic E-state index is -4.36. The first-order chi connectivity index (χ1) is 5.95. The zero-order chi connectivity index (χ0) is 10.1. The van der Waals surface area contributed by atoms with Gasteiger partial charge < -0.3 is 10.3 Å². The first-order valence-corrected chi connectivity index (χ1v) is 3.65. The van der Waals surface area contributed by atoms with Crippen LogP contribution in [0.5, 0.6) is 0 Å². The fourth-order valence-electron chi connectivity index (χ4n) is 0.972. The van der Waals surface area contributed by atoms with Crippen molar-refractivity contribution in [1.29, 1.82) is 0 Å². The molecule has 0 radical (unpaired) electrons. The summed E-state index contributed by atoms with van der Waals surface area (Å²) in [4.78, 5) is 0. The number of aryl methyl sites for hydroxylation is 1. The summed E-state index contributed by atoms with van der Waals surface area (Å²) in [5.74, 6) is -1.39. The van der Waals surface area contributed by atoms with Crippen molar-refractivity contribution in [2.45, 2.75) is 19.0 Å². The molecule has 2 N–H and O–H groups in total. The summed E-state index contributed by atoms with van der Waals surface area (Å²) < 4.78 is 41.3. The summed E-state index contributed by atoms with van der Waals surface area (Å²) in [5, 5.41) is 3.28. The molecule has 1 aromatic rings. The number of halogens is 3. The van der Waals surface area contributed by atoms with Crippen LogP contribution in [-0.2, 0) is 0 Å². The van der Waals surface area contributed by atoms with E-state index in [4.69, 9.17) is 5.73 Å². The summed E-state index contributed by atoms with van der Waals surface area (Å²) in [5.41, 5.74) is 4.84. The van der Waals surface area contributed by atoms with Crippen LogP contribution in [0.3, 0.4) is 0 Å². The number of aromatic nitrogens is 1. The first-order valence-electron chi connectivity index (χ1n) is 3.65. The lowest BCUT2D eigenvalue weighted by atomic mass is 10.1. The summed E-state index contributed by atoms with van der Waals surface area (Å²) in [6.07, 6.45) is -4.36. The van der Waals surface area contributed by atoms with Crippen molar-refractivity contribution < 1.29 is 17.7 Å². The molecule has 1 rings (SSSR count). The molecule has 0 saturated heterocycles. The van der Waals surface area contributed by atoms with Crippen molar-refractivity contribution in [2.75, 3.05) is 6.54 Å². The molecule has 0 saturated carbocycles. The van der Waals surface area contributed by atoms with Crippen LogP contribution in [0.15, 0.2) is 10.6 Å². The lowest BCUT2D eigenvalue weighted by Crippen LogP contribution is -2.28. The molecule has 0 aliphatic carbocycles. The zero-order valence-electron chi connectivity index (χ0n) is 6.93. The molecule has 1 heterocycles. The van der Waals surface area contributed by atoms with Crippen molar-refractivity contribution in [1.82, 2.24) is 5.16 Å². The summed E-state index contributed by atoms with van der Waals surface area (Å²) in [6.45, 7) is 1.01. The quantitative estimate of drug-likeness (QED) is 0.777. The standard InChI is InChI=1S/C7H9F3N2O/c1-4-2-6(12-13-4)5(3-11)7(8,9)10/h2,5H,3,11H2,1H3. The van der Waals surface area contributed by atoms with Crippen molar-refractivity contribution in [2.24, 2.45) is 5.73 Å². The van der Waals surface area contributed by atoms with Gasteiger partial charge in [0.2, 0.25) is 0 Å². The lowest BCUT2D eigenvalue weighted by molar-refractivity contribution is -0.149. The highest BCUT2D eigenvalue weighted by atomic mass is 19.4. The van der Waals surface area contributed by atoms with Crippen LogP contribution in [0.4, 0.5) is 13.2 Å². The third-order valence-electron chi connectivity index (χ3n) is 1.63. The van der Waals surface area contributed by atoms with Gasteiger partial charge in [0.05, 0.1) is 5.69 Å². The van der Waals surface area contributed by atoms with Crippen LogP contribution >= 0.6 is 0 Å². The first kappa shape index (κ1) is 10.0. The Balaban J connectivity index is 2.91. The van der Waals surface area contributed by atoms with E-state index in [2.05, 4.69) is 9.68 Å². The zero-order valence-corrected chi connectivity index (χ0v) is 6.93. The monoisotopic (exact) mass is 194 g/mol.